The van der Waals surface area contributed by atoms with Crippen molar-refractivity contribution in [2.45, 2.75) is 6.61 Å². The van der Waals surface area contributed by atoms with Crippen molar-refractivity contribution in [3.8, 4) is 22.8 Å². The standard InChI is InChI=1S/C24H20N2O3S/c27-23(26-24-25-22(17-30-24)19-9-5-2-6-10-19)16-29-21-13-11-20(12-14-21)28-15-18-7-3-1-4-8-18/h1-14,17H,15-16H2,(H,25,26,27). The molecule has 0 fully saturated rings. The number of benzene rings is 3. The van der Waals surface area contributed by atoms with E-state index in [9.17, 15) is 4.79 Å². The maximum Gasteiger partial charge on any atom is 0.264 e. The van der Waals surface area contributed by atoms with Gasteiger partial charge in [0.2, 0.25) is 0 Å². The monoisotopic (exact) mass is 416 g/mol. The number of nitrogens with one attached hydrogen (secondary N) is 1. The van der Waals surface area contributed by atoms with Crippen molar-refractivity contribution in [1.82, 2.24) is 4.98 Å². The number of hydrogen-bond donors (Lipinski definition) is 1. The lowest BCUT2D eigenvalue weighted by molar-refractivity contribution is -0.118. The van der Waals surface area contributed by atoms with Crippen LogP contribution in [0.4, 0.5) is 5.13 Å². The van der Waals surface area contributed by atoms with E-state index in [2.05, 4.69) is 10.3 Å². The van der Waals surface area contributed by atoms with Gasteiger partial charge >= 0.3 is 0 Å². The Morgan fingerprint density at radius 3 is 2.17 bits per heavy atom. The summed E-state index contributed by atoms with van der Waals surface area (Å²) < 4.78 is 11.3. The van der Waals surface area contributed by atoms with Crippen LogP contribution in [0, 0.1) is 0 Å². The largest absolute Gasteiger partial charge is 0.489 e. The number of carbonyl (C=O) groups is 1. The number of rotatable bonds is 8. The van der Waals surface area contributed by atoms with E-state index >= 15 is 0 Å². The van der Waals surface area contributed by atoms with Crippen molar-refractivity contribution in [1.29, 1.82) is 0 Å². The SMILES string of the molecule is O=C(COc1ccc(OCc2ccccc2)cc1)Nc1nc(-c2ccccc2)cs1. The van der Waals surface area contributed by atoms with Crippen LogP contribution < -0.4 is 14.8 Å². The fraction of sp³-hybridized carbons (Fsp3) is 0.0833. The minimum absolute atomic E-state index is 0.0928. The second-order valence-corrected chi connectivity index (χ2v) is 7.34. The molecule has 0 bridgehead atoms. The van der Waals surface area contributed by atoms with Gasteiger partial charge in [-0.15, -0.1) is 11.3 Å². The molecule has 30 heavy (non-hydrogen) atoms. The number of anilines is 1. The van der Waals surface area contributed by atoms with Crippen LogP contribution >= 0.6 is 11.3 Å². The number of hydrogen-bond acceptors (Lipinski definition) is 5. The van der Waals surface area contributed by atoms with Gasteiger partial charge < -0.3 is 9.47 Å². The molecule has 0 aliphatic carbocycles. The highest BCUT2D eigenvalue weighted by atomic mass is 32.1. The van der Waals surface area contributed by atoms with Gasteiger partial charge in [0.15, 0.2) is 11.7 Å². The van der Waals surface area contributed by atoms with Crippen LogP contribution in [0.15, 0.2) is 90.3 Å². The molecule has 4 aromatic rings. The molecule has 1 N–H and O–H groups in total. The van der Waals surface area contributed by atoms with Crippen LogP contribution in [0.1, 0.15) is 5.56 Å². The quantitative estimate of drug-likeness (QED) is 0.417. The number of thiazole rings is 1. The molecular weight excluding hydrogens is 396 g/mol. The highest BCUT2D eigenvalue weighted by Gasteiger charge is 2.09. The van der Waals surface area contributed by atoms with Crippen molar-refractivity contribution in [3.05, 3.63) is 95.9 Å². The Labute approximate surface area is 178 Å². The molecule has 0 spiro atoms. The van der Waals surface area contributed by atoms with Crippen molar-refractivity contribution in [3.63, 3.8) is 0 Å². The lowest BCUT2D eigenvalue weighted by Crippen LogP contribution is -2.20. The van der Waals surface area contributed by atoms with Gasteiger partial charge in [0.25, 0.3) is 5.91 Å². The molecule has 0 unspecified atom stereocenters. The molecule has 1 heterocycles. The van der Waals surface area contributed by atoms with Crippen molar-refractivity contribution < 1.29 is 14.3 Å². The Balaban J connectivity index is 1.24. The summed E-state index contributed by atoms with van der Waals surface area (Å²) in [5, 5.41) is 5.24. The van der Waals surface area contributed by atoms with Gasteiger partial charge in [-0.3, -0.25) is 10.1 Å². The first kappa shape index (κ1) is 19.7. The number of aromatic nitrogens is 1. The summed E-state index contributed by atoms with van der Waals surface area (Å²) in [6.45, 7) is 0.409. The number of nitrogens with zero attached hydrogens (tertiary/aromatic N) is 1. The van der Waals surface area contributed by atoms with Gasteiger partial charge in [0.05, 0.1) is 5.69 Å². The summed E-state index contributed by atoms with van der Waals surface area (Å²) in [6, 6.07) is 27.0. The number of carbonyl (C=O) groups excluding carboxylic acids is 1. The lowest BCUT2D eigenvalue weighted by Gasteiger charge is -2.08. The van der Waals surface area contributed by atoms with Crippen LogP contribution in [0.5, 0.6) is 11.5 Å². The average Bonchev–Trinajstić information content (AvgIpc) is 3.27. The van der Waals surface area contributed by atoms with E-state index in [0.717, 1.165) is 22.6 Å². The van der Waals surface area contributed by atoms with Crippen LogP contribution in [0.25, 0.3) is 11.3 Å². The zero-order chi connectivity index (χ0) is 20.6. The van der Waals surface area contributed by atoms with Crippen LogP contribution in [-0.2, 0) is 11.4 Å². The smallest absolute Gasteiger partial charge is 0.264 e. The summed E-state index contributed by atoms with van der Waals surface area (Å²) in [7, 11) is 0. The third-order valence-corrected chi connectivity index (χ3v) is 5.02. The Kier molecular flexibility index (Phi) is 6.37. The molecule has 0 atom stereocenters. The minimum Gasteiger partial charge on any atom is -0.489 e. The molecule has 0 aliphatic rings. The van der Waals surface area contributed by atoms with Crippen LogP contribution in [0.3, 0.4) is 0 Å². The van der Waals surface area contributed by atoms with Crippen LogP contribution in [0.2, 0.25) is 0 Å². The normalized spacial score (nSPS) is 10.4. The highest BCUT2D eigenvalue weighted by Crippen LogP contribution is 2.24. The molecule has 1 aromatic heterocycles. The van der Waals surface area contributed by atoms with E-state index in [1.807, 2.05) is 78.2 Å². The molecule has 5 nitrogen and oxygen atoms in total. The minimum atomic E-state index is -0.256. The van der Waals surface area contributed by atoms with Gasteiger partial charge in [0.1, 0.15) is 18.1 Å². The first-order valence-electron chi connectivity index (χ1n) is 9.47. The van der Waals surface area contributed by atoms with Crippen molar-refractivity contribution in [2.75, 3.05) is 11.9 Å². The molecule has 150 valence electrons. The lowest BCUT2D eigenvalue weighted by atomic mass is 10.2. The molecule has 1 amide bonds. The third-order valence-electron chi connectivity index (χ3n) is 4.26. The maximum atomic E-state index is 12.2. The fourth-order valence-corrected chi connectivity index (χ4v) is 3.49. The summed E-state index contributed by atoms with van der Waals surface area (Å²) in [4.78, 5) is 16.6. The maximum absolute atomic E-state index is 12.2. The van der Waals surface area contributed by atoms with Gasteiger partial charge in [-0.2, -0.15) is 0 Å². The first-order chi connectivity index (χ1) is 14.8. The first-order valence-corrected chi connectivity index (χ1v) is 10.3. The zero-order valence-electron chi connectivity index (χ0n) is 16.2. The molecule has 3 aromatic carbocycles. The Morgan fingerprint density at radius 1 is 0.833 bits per heavy atom. The Bertz CT molecular complexity index is 1080. The van der Waals surface area contributed by atoms with E-state index in [1.165, 1.54) is 11.3 Å². The van der Waals surface area contributed by atoms with E-state index < -0.39 is 0 Å². The van der Waals surface area contributed by atoms with Crippen LogP contribution in [-0.4, -0.2) is 17.5 Å². The van der Waals surface area contributed by atoms with Gasteiger partial charge in [-0.1, -0.05) is 60.7 Å². The Morgan fingerprint density at radius 2 is 1.47 bits per heavy atom. The van der Waals surface area contributed by atoms with Gasteiger partial charge in [0, 0.05) is 10.9 Å². The molecular formula is C24H20N2O3S. The second kappa shape index (κ2) is 9.71. The summed E-state index contributed by atoms with van der Waals surface area (Å²) >= 11 is 1.38. The molecule has 6 heteroatoms. The average molecular weight is 417 g/mol. The highest BCUT2D eigenvalue weighted by molar-refractivity contribution is 7.14. The van der Waals surface area contributed by atoms with Crippen molar-refractivity contribution in [2.24, 2.45) is 0 Å². The molecule has 0 saturated carbocycles. The van der Waals surface area contributed by atoms with E-state index in [0.29, 0.717) is 17.5 Å². The predicted molar refractivity (Wildman–Crippen MR) is 119 cm³/mol. The van der Waals surface area contributed by atoms with E-state index in [-0.39, 0.29) is 12.5 Å². The van der Waals surface area contributed by atoms with Crippen molar-refractivity contribution >= 4 is 22.4 Å². The summed E-state index contributed by atoms with van der Waals surface area (Å²) in [5.74, 6) is 1.08. The number of ether oxygens (including phenoxy) is 2. The third kappa shape index (κ3) is 5.46. The van der Waals surface area contributed by atoms with E-state index in [4.69, 9.17) is 9.47 Å². The second-order valence-electron chi connectivity index (χ2n) is 6.49. The molecule has 0 saturated heterocycles. The van der Waals surface area contributed by atoms with E-state index in [1.54, 1.807) is 12.1 Å². The number of amides is 1. The van der Waals surface area contributed by atoms with Gasteiger partial charge in [-0.05, 0) is 29.8 Å². The Hall–Kier alpha value is -3.64. The molecule has 0 radical (unpaired) electrons. The van der Waals surface area contributed by atoms with Gasteiger partial charge in [-0.25, -0.2) is 4.98 Å². The molecule has 4 rings (SSSR count). The fourth-order valence-electron chi connectivity index (χ4n) is 2.75. The summed E-state index contributed by atoms with van der Waals surface area (Å²) in [5.41, 5.74) is 2.95. The molecule has 0 aliphatic heterocycles. The topological polar surface area (TPSA) is 60.5 Å². The predicted octanol–water partition coefficient (Wildman–Crippen LogP) is 5.41. The zero-order valence-corrected chi connectivity index (χ0v) is 17.0. The summed E-state index contributed by atoms with van der Waals surface area (Å²) in [6.07, 6.45) is 0.